The van der Waals surface area contributed by atoms with Gasteiger partial charge in [0.05, 0.1) is 6.42 Å². The van der Waals surface area contributed by atoms with Crippen LogP contribution in [0, 0.1) is 0 Å². The molecule has 1 aromatic carbocycles. The number of carboxylic acid groups (broad SMARTS) is 1. The summed E-state index contributed by atoms with van der Waals surface area (Å²) in [4.78, 5) is 14.7. The highest BCUT2D eigenvalue weighted by atomic mass is 35.5. The minimum atomic E-state index is -0.933. The first-order valence-corrected chi connectivity index (χ1v) is 6.42. The molecule has 0 aliphatic rings. The Kier molecular flexibility index (Phi) is 4.30. The zero-order chi connectivity index (χ0) is 14.0. The van der Waals surface area contributed by atoms with Crippen LogP contribution in [0.4, 0.5) is 0 Å². The van der Waals surface area contributed by atoms with Gasteiger partial charge in [-0.3, -0.25) is 4.79 Å². The monoisotopic (exact) mass is 315 g/mol. The molecule has 1 heterocycles. The molecule has 1 N–H and O–H groups in total. The van der Waals surface area contributed by atoms with E-state index in [0.717, 1.165) is 0 Å². The van der Waals surface area contributed by atoms with Crippen LogP contribution in [-0.4, -0.2) is 16.1 Å². The fourth-order valence-corrected chi connectivity index (χ4v) is 2.37. The van der Waals surface area contributed by atoms with Gasteiger partial charge in [-0.05, 0) is 23.8 Å². The van der Waals surface area contributed by atoms with Gasteiger partial charge in [0.1, 0.15) is 5.15 Å². The van der Waals surface area contributed by atoms with Gasteiger partial charge in [0.2, 0.25) is 0 Å². The minimum absolute atomic E-state index is 0.123. The van der Waals surface area contributed by atoms with Crippen molar-refractivity contribution in [1.82, 2.24) is 4.98 Å². The van der Waals surface area contributed by atoms with Gasteiger partial charge in [0.15, 0.2) is 0 Å². The van der Waals surface area contributed by atoms with Crippen LogP contribution in [0.15, 0.2) is 30.5 Å². The van der Waals surface area contributed by atoms with Gasteiger partial charge >= 0.3 is 5.97 Å². The second-order valence-electron chi connectivity index (χ2n) is 3.88. The number of carbonyl (C=O) groups is 1. The van der Waals surface area contributed by atoms with E-state index in [1.54, 1.807) is 24.3 Å². The summed E-state index contributed by atoms with van der Waals surface area (Å²) in [5.74, 6) is -0.933. The van der Waals surface area contributed by atoms with Gasteiger partial charge in [0.25, 0.3) is 0 Å². The van der Waals surface area contributed by atoms with E-state index in [2.05, 4.69) is 4.98 Å². The third-order valence-corrected chi connectivity index (χ3v) is 3.32. The van der Waals surface area contributed by atoms with Crippen molar-refractivity contribution in [2.45, 2.75) is 6.42 Å². The third kappa shape index (κ3) is 3.38. The summed E-state index contributed by atoms with van der Waals surface area (Å²) in [6, 6.07) is 6.66. The molecule has 0 amide bonds. The lowest BCUT2D eigenvalue weighted by Crippen LogP contribution is -2.01. The summed E-state index contributed by atoms with van der Waals surface area (Å²) in [5.41, 5.74) is 1.80. The number of benzene rings is 1. The van der Waals surface area contributed by atoms with Crippen molar-refractivity contribution in [2.75, 3.05) is 0 Å². The Morgan fingerprint density at radius 3 is 2.53 bits per heavy atom. The molecule has 0 atom stereocenters. The van der Waals surface area contributed by atoms with Crippen LogP contribution in [0.3, 0.4) is 0 Å². The zero-order valence-corrected chi connectivity index (χ0v) is 11.8. The smallest absolute Gasteiger partial charge is 0.307 e. The number of aliphatic carboxylic acids is 1. The molecule has 0 saturated carbocycles. The maximum absolute atomic E-state index is 10.7. The number of pyridine rings is 1. The van der Waals surface area contributed by atoms with E-state index in [-0.39, 0.29) is 11.6 Å². The fraction of sp³-hybridized carbons (Fsp3) is 0.0769. The topological polar surface area (TPSA) is 50.2 Å². The van der Waals surface area contributed by atoms with E-state index < -0.39 is 5.97 Å². The number of aromatic nitrogens is 1. The van der Waals surface area contributed by atoms with E-state index in [1.165, 1.54) is 6.20 Å². The van der Waals surface area contributed by atoms with Crippen LogP contribution in [0.1, 0.15) is 5.56 Å². The predicted molar refractivity (Wildman–Crippen MR) is 76.0 cm³/mol. The molecule has 0 fully saturated rings. The molecule has 0 unspecified atom stereocenters. The molecule has 2 aromatic rings. The molecule has 98 valence electrons. The lowest BCUT2D eigenvalue weighted by molar-refractivity contribution is -0.136. The molecule has 2 rings (SSSR count). The largest absolute Gasteiger partial charge is 0.481 e. The van der Waals surface area contributed by atoms with Crippen molar-refractivity contribution in [1.29, 1.82) is 0 Å². The number of hydrogen-bond donors (Lipinski definition) is 1. The molecular formula is C13H8Cl3NO2. The van der Waals surface area contributed by atoms with Gasteiger partial charge in [-0.2, -0.15) is 0 Å². The van der Waals surface area contributed by atoms with Gasteiger partial charge in [0, 0.05) is 27.4 Å². The molecule has 6 heteroatoms. The molecule has 0 bridgehead atoms. The first kappa shape index (κ1) is 14.1. The highest BCUT2D eigenvalue weighted by Gasteiger charge is 2.11. The average molecular weight is 317 g/mol. The van der Waals surface area contributed by atoms with Crippen molar-refractivity contribution in [3.05, 3.63) is 51.2 Å². The molecule has 0 aliphatic heterocycles. The SMILES string of the molecule is O=C(O)Cc1cnc(Cl)c(-c2ccc(Cl)cc2Cl)c1. The number of rotatable bonds is 3. The van der Waals surface area contributed by atoms with Crippen LogP contribution < -0.4 is 0 Å². The van der Waals surface area contributed by atoms with Crippen LogP contribution in [0.25, 0.3) is 11.1 Å². The van der Waals surface area contributed by atoms with E-state index in [0.29, 0.717) is 26.7 Å². The average Bonchev–Trinajstić information content (AvgIpc) is 2.31. The Morgan fingerprint density at radius 1 is 1.16 bits per heavy atom. The summed E-state index contributed by atoms with van der Waals surface area (Å²) in [7, 11) is 0. The Labute approximate surface area is 124 Å². The molecule has 0 aliphatic carbocycles. The Balaban J connectivity index is 2.51. The van der Waals surface area contributed by atoms with Crippen molar-refractivity contribution in [2.24, 2.45) is 0 Å². The predicted octanol–water partition coefficient (Wildman–Crippen LogP) is 4.34. The lowest BCUT2D eigenvalue weighted by Gasteiger charge is -2.08. The van der Waals surface area contributed by atoms with E-state index in [9.17, 15) is 4.79 Å². The Hall–Kier alpha value is -1.29. The zero-order valence-electron chi connectivity index (χ0n) is 9.53. The van der Waals surface area contributed by atoms with Gasteiger partial charge in [-0.15, -0.1) is 0 Å². The Morgan fingerprint density at radius 2 is 1.89 bits per heavy atom. The maximum Gasteiger partial charge on any atom is 0.307 e. The summed E-state index contributed by atoms with van der Waals surface area (Å²) < 4.78 is 0. The third-order valence-electron chi connectivity index (χ3n) is 2.47. The van der Waals surface area contributed by atoms with Crippen LogP contribution in [0.2, 0.25) is 15.2 Å². The normalized spacial score (nSPS) is 10.5. The lowest BCUT2D eigenvalue weighted by atomic mass is 10.0. The van der Waals surface area contributed by atoms with Gasteiger partial charge in [-0.1, -0.05) is 40.9 Å². The highest BCUT2D eigenvalue weighted by Crippen LogP contribution is 2.34. The maximum atomic E-state index is 10.7. The van der Waals surface area contributed by atoms with Crippen molar-refractivity contribution in [3.8, 4) is 11.1 Å². The second-order valence-corrected chi connectivity index (χ2v) is 5.08. The number of carboxylic acids is 1. The molecule has 0 saturated heterocycles. The summed E-state index contributed by atoms with van der Waals surface area (Å²) >= 11 is 18.0. The molecule has 1 aromatic heterocycles. The number of halogens is 3. The molecular weight excluding hydrogens is 309 g/mol. The van der Waals surface area contributed by atoms with E-state index in [1.807, 2.05) is 0 Å². The highest BCUT2D eigenvalue weighted by molar-refractivity contribution is 6.37. The summed E-state index contributed by atoms with van der Waals surface area (Å²) in [5, 5.41) is 9.99. The fourth-order valence-electron chi connectivity index (χ4n) is 1.66. The van der Waals surface area contributed by atoms with Crippen molar-refractivity contribution < 1.29 is 9.90 Å². The quantitative estimate of drug-likeness (QED) is 0.857. The van der Waals surface area contributed by atoms with Crippen LogP contribution >= 0.6 is 34.8 Å². The summed E-state index contributed by atoms with van der Waals surface area (Å²) in [6.07, 6.45) is 1.31. The van der Waals surface area contributed by atoms with Gasteiger partial charge in [-0.25, -0.2) is 4.98 Å². The van der Waals surface area contributed by atoms with E-state index >= 15 is 0 Å². The van der Waals surface area contributed by atoms with Crippen molar-refractivity contribution >= 4 is 40.8 Å². The van der Waals surface area contributed by atoms with E-state index in [4.69, 9.17) is 39.9 Å². The van der Waals surface area contributed by atoms with Crippen molar-refractivity contribution in [3.63, 3.8) is 0 Å². The second kappa shape index (κ2) is 5.78. The molecule has 0 spiro atoms. The Bertz CT molecular complexity index is 644. The first-order chi connectivity index (χ1) is 8.97. The molecule has 0 radical (unpaired) electrons. The standard InChI is InChI=1S/C13H8Cl3NO2/c14-8-1-2-9(11(15)5-8)10-3-7(4-12(18)19)6-17-13(10)16/h1-3,5-6H,4H2,(H,18,19). The molecule has 19 heavy (non-hydrogen) atoms. The van der Waals surface area contributed by atoms with Gasteiger partial charge < -0.3 is 5.11 Å². The number of nitrogens with zero attached hydrogens (tertiary/aromatic N) is 1. The first-order valence-electron chi connectivity index (χ1n) is 5.29. The van der Waals surface area contributed by atoms with Crippen LogP contribution in [-0.2, 0) is 11.2 Å². The number of hydrogen-bond acceptors (Lipinski definition) is 2. The van der Waals surface area contributed by atoms with Crippen LogP contribution in [0.5, 0.6) is 0 Å². The molecule has 3 nitrogen and oxygen atoms in total. The summed E-state index contributed by atoms with van der Waals surface area (Å²) in [6.45, 7) is 0. The minimum Gasteiger partial charge on any atom is -0.481 e.